The van der Waals surface area contributed by atoms with Crippen molar-refractivity contribution in [3.63, 3.8) is 0 Å². The fourth-order valence-electron chi connectivity index (χ4n) is 6.39. The second-order valence-corrected chi connectivity index (χ2v) is 11.0. The molecule has 5 nitrogen and oxygen atoms in total. The van der Waals surface area contributed by atoms with Gasteiger partial charge >= 0.3 is 0 Å². The van der Waals surface area contributed by atoms with Crippen LogP contribution >= 0.6 is 0 Å². The molecule has 0 atom stereocenters. The van der Waals surface area contributed by atoms with Crippen LogP contribution in [0.4, 0.5) is 0 Å². The van der Waals surface area contributed by atoms with Crippen molar-refractivity contribution in [1.82, 2.24) is 19.3 Å². The highest BCUT2D eigenvalue weighted by atomic mass is 16.2. The molecule has 4 aromatic rings. The molecule has 0 saturated carbocycles. The number of hydrogen-bond acceptors (Lipinski definition) is 3. The van der Waals surface area contributed by atoms with Crippen molar-refractivity contribution < 1.29 is 4.79 Å². The predicted octanol–water partition coefficient (Wildman–Crippen LogP) is 5.34. The first-order valence-corrected chi connectivity index (χ1v) is 14.0. The quantitative estimate of drug-likeness (QED) is 0.354. The Hall–Kier alpha value is -3.41. The highest BCUT2D eigenvalue weighted by molar-refractivity contribution is 5.88. The Kier molecular flexibility index (Phi) is 7.05. The van der Waals surface area contributed by atoms with E-state index in [4.69, 9.17) is 0 Å². The van der Waals surface area contributed by atoms with Gasteiger partial charge in [0, 0.05) is 68.3 Å². The number of aromatic nitrogens is 1. The zero-order valence-corrected chi connectivity index (χ0v) is 22.6. The summed E-state index contributed by atoms with van der Waals surface area (Å²) in [6, 6.07) is 30.9. The molecule has 1 aromatic heterocycles. The summed E-state index contributed by atoms with van der Waals surface area (Å²) in [5.41, 5.74) is 6.57. The molecule has 1 fully saturated rings. The molecule has 0 N–H and O–H groups in total. The van der Waals surface area contributed by atoms with Gasteiger partial charge in [0.05, 0.1) is 6.04 Å². The fourth-order valence-corrected chi connectivity index (χ4v) is 6.39. The SMILES string of the molecule is CC(C)N1CCc2c(c3ccccc3n2CC(=O)N2CCN(C(c3ccccc3)c3ccccc3)CC2)C1. The third-order valence-corrected chi connectivity index (χ3v) is 8.48. The molecular weight excluding hydrogens is 468 g/mol. The van der Waals surface area contributed by atoms with Gasteiger partial charge < -0.3 is 9.47 Å². The molecule has 0 spiro atoms. The van der Waals surface area contributed by atoms with Crippen LogP contribution in [0.3, 0.4) is 0 Å². The summed E-state index contributed by atoms with van der Waals surface area (Å²) < 4.78 is 2.31. The van der Waals surface area contributed by atoms with Crippen molar-refractivity contribution in [3.05, 3.63) is 107 Å². The van der Waals surface area contributed by atoms with Crippen LogP contribution in [0.15, 0.2) is 84.9 Å². The summed E-state index contributed by atoms with van der Waals surface area (Å²) in [5.74, 6) is 0.232. The van der Waals surface area contributed by atoms with Gasteiger partial charge in [0.2, 0.25) is 5.91 Å². The average molecular weight is 507 g/mol. The third kappa shape index (κ3) is 4.77. The topological polar surface area (TPSA) is 31.7 Å². The van der Waals surface area contributed by atoms with Crippen LogP contribution < -0.4 is 0 Å². The summed E-state index contributed by atoms with van der Waals surface area (Å²) in [4.78, 5) is 20.8. The van der Waals surface area contributed by atoms with E-state index in [2.05, 4.69) is 118 Å². The van der Waals surface area contributed by atoms with E-state index in [1.165, 1.54) is 33.3 Å². The lowest BCUT2D eigenvalue weighted by Crippen LogP contribution is -2.50. The van der Waals surface area contributed by atoms with Gasteiger partial charge in [-0.25, -0.2) is 0 Å². The predicted molar refractivity (Wildman–Crippen MR) is 154 cm³/mol. The van der Waals surface area contributed by atoms with E-state index in [-0.39, 0.29) is 11.9 Å². The molecule has 6 rings (SSSR count). The second kappa shape index (κ2) is 10.8. The first kappa shape index (κ1) is 24.9. The van der Waals surface area contributed by atoms with E-state index in [9.17, 15) is 4.79 Å². The van der Waals surface area contributed by atoms with Crippen molar-refractivity contribution in [2.24, 2.45) is 0 Å². The minimum absolute atomic E-state index is 0.207. The van der Waals surface area contributed by atoms with Crippen molar-refractivity contribution in [2.45, 2.75) is 45.4 Å². The van der Waals surface area contributed by atoms with Gasteiger partial charge in [-0.1, -0.05) is 78.9 Å². The first-order chi connectivity index (χ1) is 18.6. The number of nitrogens with zero attached hydrogens (tertiary/aromatic N) is 4. The third-order valence-electron chi connectivity index (χ3n) is 8.48. The van der Waals surface area contributed by atoms with E-state index in [0.29, 0.717) is 12.6 Å². The Morgan fingerprint density at radius 2 is 1.34 bits per heavy atom. The Bertz CT molecular complexity index is 1350. The fraction of sp³-hybridized carbons (Fsp3) is 0.364. The molecule has 196 valence electrons. The maximum Gasteiger partial charge on any atom is 0.242 e. The average Bonchev–Trinajstić information content (AvgIpc) is 3.27. The monoisotopic (exact) mass is 506 g/mol. The van der Waals surface area contributed by atoms with Gasteiger partial charge in [-0.05, 0) is 36.6 Å². The minimum atomic E-state index is 0.207. The molecule has 38 heavy (non-hydrogen) atoms. The van der Waals surface area contributed by atoms with Gasteiger partial charge in [-0.2, -0.15) is 0 Å². The van der Waals surface area contributed by atoms with E-state index in [1.54, 1.807) is 0 Å². The molecule has 3 aromatic carbocycles. The molecule has 1 saturated heterocycles. The van der Waals surface area contributed by atoms with Crippen molar-refractivity contribution in [1.29, 1.82) is 0 Å². The molecule has 0 aliphatic carbocycles. The molecule has 2 aliphatic heterocycles. The summed E-state index contributed by atoms with van der Waals surface area (Å²) in [6.45, 7) is 10.2. The van der Waals surface area contributed by atoms with Gasteiger partial charge in [-0.15, -0.1) is 0 Å². The highest BCUT2D eigenvalue weighted by Crippen LogP contribution is 2.32. The summed E-state index contributed by atoms with van der Waals surface area (Å²) in [5, 5.41) is 1.30. The normalized spacial score (nSPS) is 16.9. The van der Waals surface area contributed by atoms with E-state index >= 15 is 0 Å². The number of carbonyl (C=O) groups is 1. The maximum atomic E-state index is 13.7. The van der Waals surface area contributed by atoms with Crippen LogP contribution in [-0.2, 0) is 24.3 Å². The Labute approximate surface area is 226 Å². The van der Waals surface area contributed by atoms with Crippen molar-refractivity contribution in [2.75, 3.05) is 32.7 Å². The maximum absolute atomic E-state index is 13.7. The number of piperazine rings is 1. The summed E-state index contributed by atoms with van der Waals surface area (Å²) >= 11 is 0. The van der Waals surface area contributed by atoms with Crippen LogP contribution in [0.1, 0.15) is 42.3 Å². The van der Waals surface area contributed by atoms with Gasteiger partial charge in [0.15, 0.2) is 0 Å². The number of amides is 1. The van der Waals surface area contributed by atoms with Crippen LogP contribution in [0.2, 0.25) is 0 Å². The van der Waals surface area contributed by atoms with Gasteiger partial charge in [0.25, 0.3) is 0 Å². The van der Waals surface area contributed by atoms with E-state index in [0.717, 1.165) is 45.7 Å². The summed E-state index contributed by atoms with van der Waals surface area (Å²) in [6.07, 6.45) is 0.999. The molecular formula is C33H38N4O. The van der Waals surface area contributed by atoms with Crippen molar-refractivity contribution >= 4 is 16.8 Å². The Morgan fingerprint density at radius 1 is 0.737 bits per heavy atom. The molecule has 0 bridgehead atoms. The highest BCUT2D eigenvalue weighted by Gasteiger charge is 2.30. The second-order valence-electron chi connectivity index (χ2n) is 11.0. The smallest absolute Gasteiger partial charge is 0.242 e. The number of rotatable bonds is 6. The Morgan fingerprint density at radius 3 is 1.97 bits per heavy atom. The minimum Gasteiger partial charge on any atom is -0.339 e. The van der Waals surface area contributed by atoms with E-state index in [1.807, 2.05) is 0 Å². The lowest BCUT2D eigenvalue weighted by Gasteiger charge is -2.40. The van der Waals surface area contributed by atoms with Gasteiger partial charge in [0.1, 0.15) is 6.54 Å². The molecule has 0 radical (unpaired) electrons. The molecule has 5 heteroatoms. The molecule has 3 heterocycles. The lowest BCUT2D eigenvalue weighted by molar-refractivity contribution is -0.133. The van der Waals surface area contributed by atoms with Crippen LogP contribution in [0, 0.1) is 0 Å². The summed E-state index contributed by atoms with van der Waals surface area (Å²) in [7, 11) is 0. The lowest BCUT2D eigenvalue weighted by atomic mass is 9.96. The number of carbonyl (C=O) groups excluding carboxylic acids is 1. The zero-order chi connectivity index (χ0) is 26.1. The Balaban J connectivity index is 1.19. The zero-order valence-electron chi connectivity index (χ0n) is 22.6. The number of benzene rings is 3. The largest absolute Gasteiger partial charge is 0.339 e. The standard InChI is InChI=1S/C33H38N4O/c1-25(2)36-18-17-31-29(23-36)28-15-9-10-16-30(28)37(31)24-32(38)34-19-21-35(22-20-34)33(26-11-5-3-6-12-26)27-13-7-4-8-14-27/h3-16,25,33H,17-24H2,1-2H3. The van der Waals surface area contributed by atoms with Crippen molar-refractivity contribution in [3.8, 4) is 0 Å². The number of fused-ring (bicyclic) bond motifs is 3. The van der Waals surface area contributed by atoms with E-state index < -0.39 is 0 Å². The van der Waals surface area contributed by atoms with Crippen LogP contribution in [0.25, 0.3) is 10.9 Å². The number of hydrogen-bond donors (Lipinski definition) is 0. The van der Waals surface area contributed by atoms with Crippen LogP contribution in [-0.4, -0.2) is 63.9 Å². The molecule has 2 aliphatic rings. The van der Waals surface area contributed by atoms with Crippen LogP contribution in [0.5, 0.6) is 0 Å². The number of para-hydroxylation sites is 1. The first-order valence-electron chi connectivity index (χ1n) is 14.0. The molecule has 1 amide bonds. The molecule has 0 unspecified atom stereocenters. The van der Waals surface area contributed by atoms with Gasteiger partial charge in [-0.3, -0.25) is 14.6 Å².